The average molecular weight is 538 g/mol. The lowest BCUT2D eigenvalue weighted by Crippen LogP contribution is -2.58. The maximum Gasteiger partial charge on any atom is 0.326 e. The van der Waals surface area contributed by atoms with Gasteiger partial charge in [0.05, 0.1) is 6.04 Å². The predicted octanol–water partition coefficient (Wildman–Crippen LogP) is 1.20. The molecule has 0 saturated carbocycles. The lowest BCUT2D eigenvalue weighted by Gasteiger charge is -2.26. The van der Waals surface area contributed by atoms with Crippen LogP contribution in [0.1, 0.15) is 31.9 Å². The van der Waals surface area contributed by atoms with Crippen LogP contribution in [0.25, 0.3) is 10.9 Å². The van der Waals surface area contributed by atoms with Crippen LogP contribution in [0.15, 0.2) is 54.7 Å². The molecule has 0 radical (unpaired) electrons. The first-order valence-electron chi connectivity index (χ1n) is 12.7. The largest absolute Gasteiger partial charge is 0.508 e. The number of carboxylic acid groups (broad SMARTS) is 1. The van der Waals surface area contributed by atoms with Crippen molar-refractivity contribution in [1.29, 1.82) is 0 Å². The van der Waals surface area contributed by atoms with Crippen LogP contribution in [0.5, 0.6) is 5.75 Å². The number of benzene rings is 2. The Hall–Kier alpha value is -4.38. The fraction of sp³-hybridized carbons (Fsp3) is 0.357. The van der Waals surface area contributed by atoms with E-state index in [4.69, 9.17) is 5.73 Å². The lowest BCUT2D eigenvalue weighted by molar-refractivity contribution is -0.143. The summed E-state index contributed by atoms with van der Waals surface area (Å²) in [6.45, 7) is 4.82. The van der Waals surface area contributed by atoms with Crippen molar-refractivity contribution in [3.05, 3.63) is 65.9 Å². The van der Waals surface area contributed by atoms with Crippen LogP contribution < -0.4 is 21.7 Å². The topological polar surface area (TPSA) is 187 Å². The zero-order valence-corrected chi connectivity index (χ0v) is 22.1. The van der Waals surface area contributed by atoms with Crippen LogP contribution >= 0.6 is 0 Å². The molecule has 4 atom stereocenters. The van der Waals surface area contributed by atoms with Crippen molar-refractivity contribution in [3.8, 4) is 5.75 Å². The van der Waals surface area contributed by atoms with Gasteiger partial charge < -0.3 is 36.9 Å². The number of H-pyrrole nitrogens is 1. The molecule has 0 aliphatic carbocycles. The van der Waals surface area contributed by atoms with E-state index in [1.54, 1.807) is 32.2 Å². The zero-order valence-electron chi connectivity index (χ0n) is 22.1. The van der Waals surface area contributed by atoms with Crippen molar-refractivity contribution in [2.45, 2.75) is 57.8 Å². The molecule has 0 spiro atoms. The smallest absolute Gasteiger partial charge is 0.326 e. The highest BCUT2D eigenvalue weighted by molar-refractivity contribution is 5.95. The van der Waals surface area contributed by atoms with Crippen LogP contribution in [0.2, 0.25) is 0 Å². The second-order valence-electron chi connectivity index (χ2n) is 9.91. The number of carbonyl (C=O) groups is 4. The minimum absolute atomic E-state index is 0.0172. The van der Waals surface area contributed by atoms with Crippen LogP contribution in [0.4, 0.5) is 0 Å². The van der Waals surface area contributed by atoms with Crippen molar-refractivity contribution in [2.75, 3.05) is 0 Å². The monoisotopic (exact) mass is 537 g/mol. The number of hydrogen-bond acceptors (Lipinski definition) is 6. The van der Waals surface area contributed by atoms with Gasteiger partial charge in [0, 0.05) is 29.9 Å². The Morgan fingerprint density at radius 2 is 1.44 bits per heavy atom. The first-order chi connectivity index (χ1) is 18.5. The molecule has 4 unspecified atom stereocenters. The van der Waals surface area contributed by atoms with Crippen LogP contribution in [0, 0.1) is 5.92 Å². The molecule has 0 saturated heterocycles. The highest BCUT2D eigenvalue weighted by Gasteiger charge is 2.31. The van der Waals surface area contributed by atoms with Crippen molar-refractivity contribution in [3.63, 3.8) is 0 Å². The third-order valence-corrected chi connectivity index (χ3v) is 6.39. The summed E-state index contributed by atoms with van der Waals surface area (Å²) in [6.07, 6.45) is 1.89. The van der Waals surface area contributed by atoms with Gasteiger partial charge in [0.1, 0.15) is 23.9 Å². The first-order valence-corrected chi connectivity index (χ1v) is 12.7. The van der Waals surface area contributed by atoms with Crippen LogP contribution in [-0.2, 0) is 32.0 Å². The van der Waals surface area contributed by atoms with E-state index in [2.05, 4.69) is 20.9 Å². The van der Waals surface area contributed by atoms with E-state index >= 15 is 0 Å². The number of nitrogens with two attached hydrogens (primary N) is 1. The molecule has 1 heterocycles. The van der Waals surface area contributed by atoms with Gasteiger partial charge >= 0.3 is 5.97 Å². The van der Waals surface area contributed by atoms with E-state index in [0.29, 0.717) is 5.56 Å². The number of aromatic hydroxyl groups is 1. The van der Waals surface area contributed by atoms with Gasteiger partial charge in [0.2, 0.25) is 17.7 Å². The third-order valence-electron chi connectivity index (χ3n) is 6.39. The van der Waals surface area contributed by atoms with Gasteiger partial charge in [-0.3, -0.25) is 14.4 Å². The summed E-state index contributed by atoms with van der Waals surface area (Å²) >= 11 is 0. The lowest BCUT2D eigenvalue weighted by atomic mass is 10.00. The fourth-order valence-electron chi connectivity index (χ4n) is 4.15. The summed E-state index contributed by atoms with van der Waals surface area (Å²) in [5.41, 5.74) is 8.00. The summed E-state index contributed by atoms with van der Waals surface area (Å²) in [4.78, 5) is 54.2. The number of fused-ring (bicyclic) bond motifs is 1. The van der Waals surface area contributed by atoms with E-state index in [0.717, 1.165) is 16.5 Å². The predicted molar refractivity (Wildman–Crippen MR) is 146 cm³/mol. The standard InChI is InChI=1S/C28H35N5O6/c1-15(2)24(28(38)39)33-27(37)22(12-17-8-10-19(34)11-9-17)32-26(36)23(31-25(35)16(3)29)13-18-14-30-21-7-5-4-6-20(18)21/h4-11,14-16,22-24,30,34H,12-13,29H2,1-3H3,(H,31,35)(H,32,36)(H,33,37)(H,38,39). The van der Waals surface area contributed by atoms with Crippen molar-refractivity contribution in [2.24, 2.45) is 11.7 Å². The molecule has 3 rings (SSSR count). The summed E-state index contributed by atoms with van der Waals surface area (Å²) in [5.74, 6) is -3.44. The Morgan fingerprint density at radius 3 is 2.05 bits per heavy atom. The molecule has 0 fully saturated rings. The highest BCUT2D eigenvalue weighted by atomic mass is 16.4. The van der Waals surface area contributed by atoms with E-state index < -0.39 is 53.8 Å². The number of hydrogen-bond donors (Lipinski definition) is 7. The number of nitrogens with one attached hydrogen (secondary N) is 4. The molecular weight excluding hydrogens is 502 g/mol. The highest BCUT2D eigenvalue weighted by Crippen LogP contribution is 2.19. The number of phenolic OH excluding ortho intramolecular Hbond substituents is 1. The number of phenols is 1. The maximum absolute atomic E-state index is 13.6. The summed E-state index contributed by atoms with van der Waals surface area (Å²) in [5, 5.41) is 27.9. The summed E-state index contributed by atoms with van der Waals surface area (Å²) < 4.78 is 0. The van der Waals surface area contributed by atoms with Gasteiger partial charge in [-0.25, -0.2) is 4.79 Å². The number of para-hydroxylation sites is 1. The van der Waals surface area contributed by atoms with E-state index in [1.807, 2.05) is 24.3 Å². The molecule has 208 valence electrons. The molecule has 0 aliphatic rings. The van der Waals surface area contributed by atoms with Gasteiger partial charge in [0.25, 0.3) is 0 Å². The minimum Gasteiger partial charge on any atom is -0.508 e. The van der Waals surface area contributed by atoms with Gasteiger partial charge in [0.15, 0.2) is 0 Å². The number of carbonyl (C=O) groups excluding carboxylic acids is 3. The second-order valence-corrected chi connectivity index (χ2v) is 9.91. The van der Waals surface area contributed by atoms with Crippen molar-refractivity contribution in [1.82, 2.24) is 20.9 Å². The molecule has 2 aromatic carbocycles. The molecule has 39 heavy (non-hydrogen) atoms. The Balaban J connectivity index is 1.89. The molecular formula is C28H35N5O6. The van der Waals surface area contributed by atoms with Crippen molar-refractivity contribution < 1.29 is 29.4 Å². The Morgan fingerprint density at radius 1 is 0.846 bits per heavy atom. The van der Waals surface area contributed by atoms with Crippen LogP contribution in [0.3, 0.4) is 0 Å². The molecule has 0 aliphatic heterocycles. The molecule has 8 N–H and O–H groups in total. The average Bonchev–Trinajstić information content (AvgIpc) is 3.29. The van der Waals surface area contributed by atoms with E-state index in [1.165, 1.54) is 19.1 Å². The second kappa shape index (κ2) is 12.9. The normalized spacial score (nSPS) is 14.3. The molecule has 11 heteroatoms. The Labute approximate surface area is 226 Å². The van der Waals surface area contributed by atoms with Crippen LogP contribution in [-0.4, -0.2) is 63.1 Å². The minimum atomic E-state index is -1.20. The quantitative estimate of drug-likeness (QED) is 0.181. The number of amides is 3. The zero-order chi connectivity index (χ0) is 28.7. The summed E-state index contributed by atoms with van der Waals surface area (Å²) in [7, 11) is 0. The number of aromatic amines is 1. The first kappa shape index (κ1) is 29.2. The number of aliphatic carboxylic acids is 1. The number of carboxylic acids is 1. The SMILES string of the molecule is CC(N)C(=O)NC(Cc1c[nH]c2ccccc12)C(=O)NC(Cc1ccc(O)cc1)C(=O)NC(C(=O)O)C(C)C. The van der Waals surface area contributed by atoms with Gasteiger partial charge in [-0.1, -0.05) is 44.2 Å². The Kier molecular flexibility index (Phi) is 9.67. The summed E-state index contributed by atoms with van der Waals surface area (Å²) in [6, 6.07) is 9.32. The number of rotatable bonds is 12. The molecule has 0 bridgehead atoms. The Bertz CT molecular complexity index is 1320. The fourth-order valence-corrected chi connectivity index (χ4v) is 4.15. The van der Waals surface area contributed by atoms with Crippen molar-refractivity contribution >= 4 is 34.6 Å². The molecule has 1 aromatic heterocycles. The van der Waals surface area contributed by atoms with E-state index in [-0.39, 0.29) is 18.6 Å². The third kappa shape index (κ3) is 7.81. The maximum atomic E-state index is 13.6. The van der Waals surface area contributed by atoms with E-state index in [9.17, 15) is 29.4 Å². The molecule has 3 amide bonds. The van der Waals surface area contributed by atoms with Gasteiger partial charge in [-0.05, 0) is 42.2 Å². The number of aromatic nitrogens is 1. The van der Waals surface area contributed by atoms with Gasteiger partial charge in [-0.15, -0.1) is 0 Å². The molecule has 11 nitrogen and oxygen atoms in total. The molecule has 3 aromatic rings. The van der Waals surface area contributed by atoms with Gasteiger partial charge in [-0.2, -0.15) is 0 Å².